The maximum atomic E-state index is 13.0. The fourth-order valence-corrected chi connectivity index (χ4v) is 2.69. The van der Waals surface area contributed by atoms with Gasteiger partial charge in [-0.25, -0.2) is 9.37 Å². The smallest absolute Gasteiger partial charge is 0.257 e. The van der Waals surface area contributed by atoms with Gasteiger partial charge in [-0.05, 0) is 75.3 Å². The number of anilines is 1. The van der Waals surface area contributed by atoms with Crippen LogP contribution in [0.4, 0.5) is 10.2 Å². The number of amides is 1. The summed E-state index contributed by atoms with van der Waals surface area (Å²) in [6.45, 7) is 1.85. The molecule has 0 radical (unpaired) electrons. The summed E-state index contributed by atoms with van der Waals surface area (Å²) < 4.78 is 14.4. The Morgan fingerprint density at radius 2 is 2.16 bits per heavy atom. The number of aryl methyl sites for hydroxylation is 1. The van der Waals surface area contributed by atoms with Gasteiger partial charge in [0.15, 0.2) is 0 Å². The molecule has 6 heteroatoms. The van der Waals surface area contributed by atoms with E-state index in [0.717, 1.165) is 10.0 Å². The lowest BCUT2D eigenvalue weighted by Gasteiger charge is -2.08. The van der Waals surface area contributed by atoms with Crippen LogP contribution in [0.3, 0.4) is 0 Å². The first-order valence-electron chi connectivity index (χ1n) is 5.36. The minimum Gasteiger partial charge on any atom is -0.306 e. The predicted octanol–water partition coefficient (Wildman–Crippen LogP) is 4.15. The molecule has 1 heterocycles. The van der Waals surface area contributed by atoms with E-state index in [1.54, 1.807) is 6.20 Å². The third-order valence-electron chi connectivity index (χ3n) is 2.45. The van der Waals surface area contributed by atoms with Crippen LogP contribution in [0.1, 0.15) is 15.9 Å². The zero-order valence-electron chi connectivity index (χ0n) is 9.88. The Balaban J connectivity index is 2.25. The van der Waals surface area contributed by atoms with Crippen LogP contribution < -0.4 is 5.32 Å². The molecule has 19 heavy (non-hydrogen) atoms. The summed E-state index contributed by atoms with van der Waals surface area (Å²) in [5.74, 6) is -0.172. The molecular formula is C13H9BrFIN2O. The van der Waals surface area contributed by atoms with Crippen molar-refractivity contribution >= 4 is 50.2 Å². The van der Waals surface area contributed by atoms with Gasteiger partial charge in [-0.3, -0.25) is 4.79 Å². The molecule has 2 rings (SSSR count). The SMILES string of the molecule is Cc1cc(Br)cnc1NC(=O)c1ccc(F)cc1I. The monoisotopic (exact) mass is 434 g/mol. The summed E-state index contributed by atoms with van der Waals surface area (Å²) in [4.78, 5) is 16.2. The normalized spacial score (nSPS) is 10.3. The highest BCUT2D eigenvalue weighted by molar-refractivity contribution is 14.1. The third kappa shape index (κ3) is 3.50. The van der Waals surface area contributed by atoms with E-state index in [9.17, 15) is 9.18 Å². The molecule has 0 saturated carbocycles. The summed E-state index contributed by atoms with van der Waals surface area (Å²) in [5, 5.41) is 2.72. The van der Waals surface area contributed by atoms with E-state index in [2.05, 4.69) is 26.2 Å². The van der Waals surface area contributed by atoms with Gasteiger partial charge in [-0.2, -0.15) is 0 Å². The number of hydrogen-bond donors (Lipinski definition) is 1. The molecule has 1 aromatic carbocycles. The van der Waals surface area contributed by atoms with Crippen molar-refractivity contribution < 1.29 is 9.18 Å². The van der Waals surface area contributed by atoms with Crippen LogP contribution in [-0.2, 0) is 0 Å². The predicted molar refractivity (Wildman–Crippen MR) is 83.7 cm³/mol. The van der Waals surface area contributed by atoms with E-state index in [-0.39, 0.29) is 11.7 Å². The van der Waals surface area contributed by atoms with Crippen LogP contribution in [-0.4, -0.2) is 10.9 Å². The Labute approximate surface area is 131 Å². The van der Waals surface area contributed by atoms with Crippen LogP contribution in [0.5, 0.6) is 0 Å². The first-order chi connectivity index (χ1) is 8.97. The average molecular weight is 435 g/mol. The molecule has 98 valence electrons. The fraction of sp³-hybridized carbons (Fsp3) is 0.0769. The van der Waals surface area contributed by atoms with Gasteiger partial charge >= 0.3 is 0 Å². The quantitative estimate of drug-likeness (QED) is 0.721. The molecule has 0 atom stereocenters. The van der Waals surface area contributed by atoms with Crippen molar-refractivity contribution in [2.45, 2.75) is 6.92 Å². The molecule has 1 aromatic heterocycles. The Bertz CT molecular complexity index is 649. The van der Waals surface area contributed by atoms with E-state index in [1.165, 1.54) is 18.2 Å². The molecule has 0 spiro atoms. The molecule has 2 aromatic rings. The summed E-state index contributed by atoms with van der Waals surface area (Å²) in [6.07, 6.45) is 1.61. The summed E-state index contributed by atoms with van der Waals surface area (Å²) >= 11 is 5.24. The average Bonchev–Trinajstić information content (AvgIpc) is 2.32. The number of rotatable bonds is 2. The lowest BCUT2D eigenvalue weighted by Crippen LogP contribution is -2.15. The molecule has 0 aliphatic heterocycles. The first kappa shape index (κ1) is 14.4. The zero-order chi connectivity index (χ0) is 14.0. The largest absolute Gasteiger partial charge is 0.306 e. The van der Waals surface area contributed by atoms with Crippen LogP contribution in [0.15, 0.2) is 34.9 Å². The molecule has 0 aliphatic rings. The highest BCUT2D eigenvalue weighted by atomic mass is 127. The van der Waals surface area contributed by atoms with Gasteiger partial charge in [0, 0.05) is 14.2 Å². The number of carbonyl (C=O) groups is 1. The second-order valence-corrected chi connectivity index (χ2v) is 5.98. The van der Waals surface area contributed by atoms with E-state index < -0.39 is 0 Å². The van der Waals surface area contributed by atoms with Crippen LogP contribution in [0.25, 0.3) is 0 Å². The molecule has 0 aliphatic carbocycles. The van der Waals surface area contributed by atoms with Gasteiger partial charge in [0.1, 0.15) is 11.6 Å². The second-order valence-electron chi connectivity index (χ2n) is 3.90. The fourth-order valence-electron chi connectivity index (χ4n) is 1.52. The molecular weight excluding hydrogens is 426 g/mol. The topological polar surface area (TPSA) is 42.0 Å². The van der Waals surface area contributed by atoms with Gasteiger partial charge in [-0.1, -0.05) is 0 Å². The molecule has 0 bridgehead atoms. The van der Waals surface area contributed by atoms with Gasteiger partial charge in [-0.15, -0.1) is 0 Å². The van der Waals surface area contributed by atoms with E-state index in [0.29, 0.717) is 15.0 Å². The number of pyridine rings is 1. The van der Waals surface area contributed by atoms with E-state index in [1.807, 2.05) is 35.6 Å². The maximum Gasteiger partial charge on any atom is 0.257 e. The maximum absolute atomic E-state index is 13.0. The molecule has 0 fully saturated rings. The van der Waals surface area contributed by atoms with Crippen LogP contribution >= 0.6 is 38.5 Å². The molecule has 1 N–H and O–H groups in total. The Morgan fingerprint density at radius 3 is 2.79 bits per heavy atom. The Hall–Kier alpha value is -1.02. The van der Waals surface area contributed by atoms with Crippen molar-refractivity contribution in [1.82, 2.24) is 4.98 Å². The second kappa shape index (κ2) is 5.96. The summed E-state index contributed by atoms with van der Waals surface area (Å²) in [7, 11) is 0. The number of nitrogens with zero attached hydrogens (tertiary/aromatic N) is 1. The minimum absolute atomic E-state index is 0.303. The lowest BCUT2D eigenvalue weighted by atomic mass is 10.2. The van der Waals surface area contributed by atoms with E-state index >= 15 is 0 Å². The minimum atomic E-state index is -0.362. The number of nitrogens with one attached hydrogen (secondary N) is 1. The van der Waals surface area contributed by atoms with Gasteiger partial charge in [0.2, 0.25) is 0 Å². The molecule has 0 unspecified atom stereocenters. The molecule has 3 nitrogen and oxygen atoms in total. The van der Waals surface area contributed by atoms with Crippen molar-refractivity contribution in [2.75, 3.05) is 5.32 Å². The van der Waals surface area contributed by atoms with Crippen molar-refractivity contribution in [1.29, 1.82) is 0 Å². The number of aromatic nitrogens is 1. The van der Waals surface area contributed by atoms with Gasteiger partial charge < -0.3 is 5.32 Å². The van der Waals surface area contributed by atoms with Crippen LogP contribution in [0, 0.1) is 16.3 Å². The highest BCUT2D eigenvalue weighted by Gasteiger charge is 2.12. The van der Waals surface area contributed by atoms with Gasteiger partial charge in [0.25, 0.3) is 5.91 Å². The number of carbonyl (C=O) groups excluding carboxylic acids is 1. The molecule has 0 saturated heterocycles. The molecule has 1 amide bonds. The number of benzene rings is 1. The Morgan fingerprint density at radius 1 is 1.42 bits per heavy atom. The standard InChI is InChI=1S/C13H9BrFIN2O/c1-7-4-8(14)6-17-12(7)18-13(19)10-3-2-9(15)5-11(10)16/h2-6H,1H3,(H,17,18,19). The van der Waals surface area contributed by atoms with Crippen molar-refractivity contribution in [3.05, 3.63) is 55.4 Å². The van der Waals surface area contributed by atoms with Gasteiger partial charge in [0.05, 0.1) is 5.56 Å². The van der Waals surface area contributed by atoms with Crippen LogP contribution in [0.2, 0.25) is 0 Å². The van der Waals surface area contributed by atoms with E-state index in [4.69, 9.17) is 0 Å². The zero-order valence-corrected chi connectivity index (χ0v) is 13.6. The van der Waals surface area contributed by atoms with Crippen molar-refractivity contribution in [3.8, 4) is 0 Å². The Kier molecular flexibility index (Phi) is 4.51. The highest BCUT2D eigenvalue weighted by Crippen LogP contribution is 2.19. The summed E-state index contributed by atoms with van der Waals surface area (Å²) in [6, 6.07) is 5.90. The number of hydrogen-bond acceptors (Lipinski definition) is 2. The summed E-state index contributed by atoms with van der Waals surface area (Å²) in [5.41, 5.74) is 1.27. The third-order valence-corrected chi connectivity index (χ3v) is 3.78. The lowest BCUT2D eigenvalue weighted by molar-refractivity contribution is 0.102. The van der Waals surface area contributed by atoms with Crippen molar-refractivity contribution in [2.24, 2.45) is 0 Å². The first-order valence-corrected chi connectivity index (χ1v) is 7.23. The number of halogens is 3. The van der Waals surface area contributed by atoms with Crippen molar-refractivity contribution in [3.63, 3.8) is 0 Å².